The molecule has 0 saturated heterocycles. The van der Waals surface area contributed by atoms with Crippen LogP contribution in [0.5, 0.6) is 0 Å². The summed E-state index contributed by atoms with van der Waals surface area (Å²) in [5, 5.41) is 7.46. The Bertz CT molecular complexity index is 1010. The van der Waals surface area contributed by atoms with Crippen LogP contribution in [0, 0.1) is 0 Å². The van der Waals surface area contributed by atoms with Gasteiger partial charge >= 0.3 is 0 Å². The van der Waals surface area contributed by atoms with E-state index in [1.54, 1.807) is 17.6 Å². The Labute approximate surface area is 167 Å². The molecule has 0 unspecified atom stereocenters. The second-order valence-electron chi connectivity index (χ2n) is 7.12. The van der Waals surface area contributed by atoms with Crippen LogP contribution >= 0.6 is 11.3 Å². The maximum absolute atomic E-state index is 12.7. The predicted octanol–water partition coefficient (Wildman–Crippen LogP) is 4.09. The van der Waals surface area contributed by atoms with Crippen LogP contribution in [0.2, 0.25) is 0 Å². The third kappa shape index (κ3) is 3.37. The molecule has 5 rings (SSSR count). The van der Waals surface area contributed by atoms with Crippen molar-refractivity contribution in [3.8, 4) is 0 Å². The van der Waals surface area contributed by atoms with E-state index in [0.29, 0.717) is 0 Å². The van der Waals surface area contributed by atoms with Crippen molar-refractivity contribution in [1.82, 2.24) is 10.2 Å². The molecule has 0 saturated carbocycles. The summed E-state index contributed by atoms with van der Waals surface area (Å²) in [4.78, 5) is 16.5. The van der Waals surface area contributed by atoms with Gasteiger partial charge in [0.15, 0.2) is 0 Å². The molecule has 1 aromatic carbocycles. The maximum Gasteiger partial charge on any atom is 0.256 e. The number of rotatable bonds is 4. The standard InChI is InChI=1S/C22H21N3O2S/c26-21-20-17-10-11-25(13-15-5-2-1-3-6-15)14-18(17)28-22(20)24-19(23-21)9-8-16-7-4-12-27-16/h1-9,12,19,24H,10-11,13-14H2,(H,23,26)/b9-8+/t19-/m0/s1. The minimum absolute atomic E-state index is 0.0110. The Morgan fingerprint density at radius 2 is 2.07 bits per heavy atom. The average molecular weight is 391 g/mol. The van der Waals surface area contributed by atoms with Gasteiger partial charge in [0.2, 0.25) is 0 Å². The number of carbonyl (C=O) groups excluding carboxylic acids is 1. The highest BCUT2D eigenvalue weighted by atomic mass is 32.1. The van der Waals surface area contributed by atoms with Crippen molar-refractivity contribution in [3.05, 3.63) is 82.1 Å². The lowest BCUT2D eigenvalue weighted by molar-refractivity contribution is 0.0942. The van der Waals surface area contributed by atoms with E-state index in [2.05, 4.69) is 39.8 Å². The van der Waals surface area contributed by atoms with E-state index in [0.717, 1.165) is 42.4 Å². The molecule has 2 aliphatic heterocycles. The van der Waals surface area contributed by atoms with Gasteiger partial charge in [-0.15, -0.1) is 11.3 Å². The molecule has 2 aromatic heterocycles. The quantitative estimate of drug-likeness (QED) is 0.703. The van der Waals surface area contributed by atoms with Crippen LogP contribution in [0.1, 0.15) is 32.1 Å². The number of benzene rings is 1. The van der Waals surface area contributed by atoms with E-state index < -0.39 is 0 Å². The fourth-order valence-corrected chi connectivity index (χ4v) is 5.16. The van der Waals surface area contributed by atoms with Gasteiger partial charge in [0.1, 0.15) is 16.9 Å². The molecule has 5 nitrogen and oxygen atoms in total. The molecule has 2 aliphatic rings. The lowest BCUT2D eigenvalue weighted by atomic mass is 10.0. The molecular weight excluding hydrogens is 370 g/mol. The topological polar surface area (TPSA) is 57.5 Å². The molecule has 0 radical (unpaired) electrons. The Kier molecular flexibility index (Phi) is 4.50. The summed E-state index contributed by atoms with van der Waals surface area (Å²) in [5.41, 5.74) is 3.37. The molecule has 28 heavy (non-hydrogen) atoms. The Balaban J connectivity index is 1.33. The van der Waals surface area contributed by atoms with Gasteiger partial charge in [0.05, 0.1) is 11.8 Å². The molecule has 0 aliphatic carbocycles. The summed E-state index contributed by atoms with van der Waals surface area (Å²) < 4.78 is 5.32. The fraction of sp³-hybridized carbons (Fsp3) is 0.227. The number of carbonyl (C=O) groups is 1. The number of nitrogens with zero attached hydrogens (tertiary/aromatic N) is 1. The summed E-state index contributed by atoms with van der Waals surface area (Å²) in [7, 11) is 0. The lowest BCUT2D eigenvalue weighted by Crippen LogP contribution is -2.43. The first-order chi connectivity index (χ1) is 13.8. The van der Waals surface area contributed by atoms with Gasteiger partial charge in [-0.3, -0.25) is 9.69 Å². The van der Waals surface area contributed by atoms with E-state index in [9.17, 15) is 4.79 Å². The summed E-state index contributed by atoms with van der Waals surface area (Å²) >= 11 is 1.71. The largest absolute Gasteiger partial charge is 0.465 e. The van der Waals surface area contributed by atoms with Crippen molar-refractivity contribution in [3.63, 3.8) is 0 Å². The number of thiophene rings is 1. The van der Waals surface area contributed by atoms with Crippen LogP contribution in [-0.2, 0) is 19.5 Å². The van der Waals surface area contributed by atoms with Gasteiger partial charge in [-0.1, -0.05) is 30.3 Å². The second kappa shape index (κ2) is 7.30. The molecule has 142 valence electrons. The normalized spacial score (nSPS) is 19.1. The van der Waals surface area contributed by atoms with Gasteiger partial charge in [0, 0.05) is 24.5 Å². The van der Waals surface area contributed by atoms with E-state index in [1.807, 2.05) is 30.4 Å². The van der Waals surface area contributed by atoms with Gasteiger partial charge in [-0.25, -0.2) is 0 Å². The Morgan fingerprint density at radius 3 is 2.89 bits per heavy atom. The first-order valence-electron chi connectivity index (χ1n) is 9.46. The third-order valence-corrected chi connectivity index (χ3v) is 6.33. The van der Waals surface area contributed by atoms with Gasteiger partial charge in [-0.05, 0) is 41.8 Å². The molecule has 4 heterocycles. The minimum Gasteiger partial charge on any atom is -0.465 e. The molecule has 6 heteroatoms. The van der Waals surface area contributed by atoms with Crippen molar-refractivity contribution in [2.75, 3.05) is 11.9 Å². The predicted molar refractivity (Wildman–Crippen MR) is 111 cm³/mol. The first-order valence-corrected chi connectivity index (χ1v) is 10.3. The van der Waals surface area contributed by atoms with Crippen LogP contribution in [-0.4, -0.2) is 23.5 Å². The highest BCUT2D eigenvalue weighted by Crippen LogP contribution is 2.39. The SMILES string of the molecule is O=C1N[C@H](/C=C/c2ccco2)Nc2sc3c(c21)CCN(Cc1ccccc1)C3. The molecular formula is C22H21N3O2S. The minimum atomic E-state index is -0.231. The summed E-state index contributed by atoms with van der Waals surface area (Å²) in [5.74, 6) is 0.778. The molecule has 2 N–H and O–H groups in total. The Morgan fingerprint density at radius 1 is 1.18 bits per heavy atom. The smallest absolute Gasteiger partial charge is 0.256 e. The average Bonchev–Trinajstić information content (AvgIpc) is 3.34. The number of furan rings is 1. The van der Waals surface area contributed by atoms with Crippen LogP contribution in [0.25, 0.3) is 6.08 Å². The van der Waals surface area contributed by atoms with Crippen molar-refractivity contribution >= 4 is 28.3 Å². The molecule has 0 spiro atoms. The Hall–Kier alpha value is -2.83. The number of hydrogen-bond donors (Lipinski definition) is 2. The van der Waals surface area contributed by atoms with Crippen LogP contribution < -0.4 is 10.6 Å². The zero-order valence-electron chi connectivity index (χ0n) is 15.4. The van der Waals surface area contributed by atoms with E-state index in [4.69, 9.17) is 4.42 Å². The highest BCUT2D eigenvalue weighted by molar-refractivity contribution is 7.16. The third-order valence-electron chi connectivity index (χ3n) is 5.18. The summed E-state index contributed by atoms with van der Waals surface area (Å²) in [6.07, 6.45) is 6.11. The molecule has 3 aromatic rings. The number of anilines is 1. The highest BCUT2D eigenvalue weighted by Gasteiger charge is 2.32. The number of amides is 1. The van der Waals surface area contributed by atoms with E-state index in [-0.39, 0.29) is 12.1 Å². The van der Waals surface area contributed by atoms with Crippen molar-refractivity contribution < 1.29 is 9.21 Å². The maximum atomic E-state index is 12.7. The molecule has 0 fully saturated rings. The number of nitrogens with one attached hydrogen (secondary N) is 2. The first kappa shape index (κ1) is 17.3. The van der Waals surface area contributed by atoms with Gasteiger partial charge in [-0.2, -0.15) is 0 Å². The van der Waals surface area contributed by atoms with E-state index >= 15 is 0 Å². The van der Waals surface area contributed by atoms with Gasteiger partial charge in [0.25, 0.3) is 5.91 Å². The monoisotopic (exact) mass is 391 g/mol. The van der Waals surface area contributed by atoms with Crippen LogP contribution in [0.4, 0.5) is 5.00 Å². The van der Waals surface area contributed by atoms with Crippen molar-refractivity contribution in [1.29, 1.82) is 0 Å². The molecule has 1 atom stereocenters. The zero-order chi connectivity index (χ0) is 18.9. The summed E-state index contributed by atoms with van der Waals surface area (Å²) in [6.45, 7) is 2.81. The molecule has 1 amide bonds. The second-order valence-corrected chi connectivity index (χ2v) is 8.23. The number of hydrogen-bond acceptors (Lipinski definition) is 5. The number of fused-ring (bicyclic) bond motifs is 3. The van der Waals surface area contributed by atoms with Crippen LogP contribution in [0.15, 0.2) is 59.2 Å². The van der Waals surface area contributed by atoms with Crippen molar-refractivity contribution in [2.24, 2.45) is 0 Å². The lowest BCUT2D eigenvalue weighted by Gasteiger charge is -2.28. The van der Waals surface area contributed by atoms with Crippen molar-refractivity contribution in [2.45, 2.75) is 25.7 Å². The van der Waals surface area contributed by atoms with Crippen LogP contribution in [0.3, 0.4) is 0 Å². The van der Waals surface area contributed by atoms with Gasteiger partial charge < -0.3 is 15.1 Å². The summed E-state index contributed by atoms with van der Waals surface area (Å²) in [6, 6.07) is 14.3. The van der Waals surface area contributed by atoms with E-state index in [1.165, 1.54) is 16.0 Å². The zero-order valence-corrected chi connectivity index (χ0v) is 16.2. The molecule has 0 bridgehead atoms. The fourth-order valence-electron chi connectivity index (χ4n) is 3.84.